The van der Waals surface area contributed by atoms with Gasteiger partial charge in [0.2, 0.25) is 0 Å². The van der Waals surface area contributed by atoms with E-state index in [-0.39, 0.29) is 5.56 Å². The highest BCUT2D eigenvalue weighted by molar-refractivity contribution is 5.08. The molecule has 0 aliphatic rings. The maximum absolute atomic E-state index is 10.9. The molecule has 0 saturated carbocycles. The zero-order valence-corrected chi connectivity index (χ0v) is 5.76. The van der Waals surface area contributed by atoms with Crippen molar-refractivity contribution >= 4 is 0 Å². The van der Waals surface area contributed by atoms with Crippen LogP contribution < -0.4 is 5.56 Å². The van der Waals surface area contributed by atoms with Gasteiger partial charge < -0.3 is 4.98 Å². The number of H-pyrrole nitrogens is 1. The van der Waals surface area contributed by atoms with Crippen molar-refractivity contribution < 1.29 is 0 Å². The summed E-state index contributed by atoms with van der Waals surface area (Å²) in [5.41, 5.74) is 0.823. The molecule has 0 amide bonds. The molecular weight excluding hydrogens is 126 g/mol. The van der Waals surface area contributed by atoms with Crippen molar-refractivity contribution in [2.24, 2.45) is 0 Å². The van der Waals surface area contributed by atoms with Crippen LogP contribution in [0.15, 0.2) is 23.1 Å². The fraction of sp³-hybridized carbons (Fsp3) is 0.250. The predicted octanol–water partition coefficient (Wildman–Crippen LogP) is 1.14. The molecule has 0 fully saturated rings. The summed E-state index contributed by atoms with van der Waals surface area (Å²) in [4.78, 5) is 13.5. The first kappa shape index (κ1) is 7.06. The minimum Gasteiger partial charge on any atom is -0.329 e. The second kappa shape index (κ2) is 3.20. The highest BCUT2D eigenvalue weighted by Gasteiger charge is 1.93. The number of aromatic amines is 1. The SMILES string of the molecule is [CH2]CCc1ccc[nH]c1=O. The number of nitrogens with one attached hydrogen (secondary N) is 1. The molecular formula is C8H10NO. The Hall–Kier alpha value is -1.05. The van der Waals surface area contributed by atoms with Crippen LogP contribution in [0.3, 0.4) is 0 Å². The number of aryl methyl sites for hydroxylation is 1. The minimum atomic E-state index is 0.00569. The topological polar surface area (TPSA) is 32.9 Å². The van der Waals surface area contributed by atoms with Gasteiger partial charge in [-0.2, -0.15) is 0 Å². The van der Waals surface area contributed by atoms with Crippen molar-refractivity contribution in [1.82, 2.24) is 4.98 Å². The largest absolute Gasteiger partial charge is 0.329 e. The fourth-order valence-electron chi connectivity index (χ4n) is 0.844. The van der Waals surface area contributed by atoms with Crippen LogP contribution in [0.5, 0.6) is 0 Å². The molecule has 10 heavy (non-hydrogen) atoms. The molecule has 0 saturated heterocycles. The standard InChI is InChI=1S/C8H10NO/c1-2-4-7-5-3-6-9-8(7)10/h3,5-6H,1-2,4H2,(H,9,10). The van der Waals surface area contributed by atoms with Crippen LogP contribution in [0.4, 0.5) is 0 Å². The summed E-state index contributed by atoms with van der Waals surface area (Å²) < 4.78 is 0. The molecule has 1 rings (SSSR count). The normalized spacial score (nSPS) is 9.70. The van der Waals surface area contributed by atoms with E-state index in [2.05, 4.69) is 11.9 Å². The quantitative estimate of drug-likeness (QED) is 0.649. The van der Waals surface area contributed by atoms with Gasteiger partial charge in [-0.1, -0.05) is 13.0 Å². The smallest absolute Gasteiger partial charge is 0.251 e. The first-order chi connectivity index (χ1) is 4.84. The predicted molar refractivity (Wildman–Crippen MR) is 40.7 cm³/mol. The van der Waals surface area contributed by atoms with Crippen LogP contribution in [0.2, 0.25) is 0 Å². The molecule has 1 radical (unpaired) electrons. The van der Waals surface area contributed by atoms with Crippen molar-refractivity contribution in [3.05, 3.63) is 41.2 Å². The summed E-state index contributed by atoms with van der Waals surface area (Å²) in [6, 6.07) is 3.65. The van der Waals surface area contributed by atoms with Crippen molar-refractivity contribution in [3.63, 3.8) is 0 Å². The van der Waals surface area contributed by atoms with Gasteiger partial charge >= 0.3 is 0 Å². The zero-order valence-electron chi connectivity index (χ0n) is 5.76. The lowest BCUT2D eigenvalue weighted by Crippen LogP contribution is -2.10. The van der Waals surface area contributed by atoms with E-state index in [9.17, 15) is 4.79 Å². The van der Waals surface area contributed by atoms with Gasteiger partial charge in [-0.3, -0.25) is 4.79 Å². The van der Waals surface area contributed by atoms with E-state index in [1.54, 1.807) is 6.20 Å². The van der Waals surface area contributed by atoms with Gasteiger partial charge in [-0.05, 0) is 18.9 Å². The van der Waals surface area contributed by atoms with Crippen molar-refractivity contribution in [1.29, 1.82) is 0 Å². The van der Waals surface area contributed by atoms with Crippen LogP contribution in [0.1, 0.15) is 12.0 Å². The molecule has 0 aromatic carbocycles. The number of hydrogen-bond donors (Lipinski definition) is 1. The monoisotopic (exact) mass is 136 g/mol. The van der Waals surface area contributed by atoms with Gasteiger partial charge in [0, 0.05) is 11.8 Å². The second-order valence-electron chi connectivity index (χ2n) is 2.13. The Bertz CT molecular complexity index is 251. The molecule has 0 aliphatic carbocycles. The molecule has 2 nitrogen and oxygen atoms in total. The Balaban J connectivity index is 2.92. The van der Waals surface area contributed by atoms with Crippen LogP contribution in [-0.4, -0.2) is 4.98 Å². The van der Waals surface area contributed by atoms with E-state index in [1.807, 2.05) is 12.1 Å². The van der Waals surface area contributed by atoms with E-state index in [0.717, 1.165) is 18.4 Å². The molecule has 0 spiro atoms. The van der Waals surface area contributed by atoms with Crippen LogP contribution in [-0.2, 0) is 6.42 Å². The highest BCUT2D eigenvalue weighted by Crippen LogP contribution is 1.92. The molecule has 1 heterocycles. The molecule has 2 heteroatoms. The minimum absolute atomic E-state index is 0.00569. The fourth-order valence-corrected chi connectivity index (χ4v) is 0.844. The van der Waals surface area contributed by atoms with E-state index in [4.69, 9.17) is 0 Å². The maximum Gasteiger partial charge on any atom is 0.251 e. The molecule has 0 unspecified atom stereocenters. The number of pyridine rings is 1. The summed E-state index contributed by atoms with van der Waals surface area (Å²) >= 11 is 0. The van der Waals surface area contributed by atoms with Crippen molar-refractivity contribution in [3.8, 4) is 0 Å². The lowest BCUT2D eigenvalue weighted by molar-refractivity contribution is 0.964. The molecule has 1 aromatic rings. The number of hydrogen-bond acceptors (Lipinski definition) is 1. The lowest BCUT2D eigenvalue weighted by atomic mass is 10.2. The van der Waals surface area contributed by atoms with Crippen LogP contribution >= 0.6 is 0 Å². The zero-order chi connectivity index (χ0) is 7.40. The Morgan fingerprint density at radius 1 is 1.60 bits per heavy atom. The summed E-state index contributed by atoms with van der Waals surface area (Å²) in [6.07, 6.45) is 3.16. The summed E-state index contributed by atoms with van der Waals surface area (Å²) in [6.45, 7) is 3.67. The Morgan fingerprint density at radius 2 is 2.40 bits per heavy atom. The average molecular weight is 136 g/mol. The molecule has 0 bridgehead atoms. The van der Waals surface area contributed by atoms with E-state index < -0.39 is 0 Å². The third kappa shape index (κ3) is 1.47. The lowest BCUT2D eigenvalue weighted by Gasteiger charge is -1.93. The average Bonchev–Trinajstić information content (AvgIpc) is 1.94. The molecule has 1 aromatic heterocycles. The van der Waals surface area contributed by atoms with Gasteiger partial charge in [0.25, 0.3) is 5.56 Å². The Morgan fingerprint density at radius 3 is 3.00 bits per heavy atom. The number of aromatic nitrogens is 1. The summed E-state index contributed by atoms with van der Waals surface area (Å²) in [5.74, 6) is 0. The first-order valence-electron chi connectivity index (χ1n) is 3.30. The van der Waals surface area contributed by atoms with E-state index in [1.165, 1.54) is 0 Å². The van der Waals surface area contributed by atoms with Gasteiger partial charge in [0.15, 0.2) is 0 Å². The van der Waals surface area contributed by atoms with Crippen molar-refractivity contribution in [2.45, 2.75) is 12.8 Å². The maximum atomic E-state index is 10.9. The summed E-state index contributed by atoms with van der Waals surface area (Å²) in [7, 11) is 0. The van der Waals surface area contributed by atoms with Gasteiger partial charge in [-0.25, -0.2) is 0 Å². The Kier molecular flexibility index (Phi) is 2.26. The van der Waals surface area contributed by atoms with Gasteiger partial charge in [0.05, 0.1) is 0 Å². The molecule has 53 valence electrons. The molecule has 0 aliphatic heterocycles. The third-order valence-corrected chi connectivity index (χ3v) is 1.35. The second-order valence-corrected chi connectivity index (χ2v) is 2.13. The highest BCUT2D eigenvalue weighted by atomic mass is 16.1. The van der Waals surface area contributed by atoms with Crippen LogP contribution in [0.25, 0.3) is 0 Å². The number of rotatable bonds is 2. The van der Waals surface area contributed by atoms with Crippen LogP contribution in [0, 0.1) is 6.92 Å². The molecule has 1 N–H and O–H groups in total. The van der Waals surface area contributed by atoms with Gasteiger partial charge in [0.1, 0.15) is 0 Å². The van der Waals surface area contributed by atoms with E-state index >= 15 is 0 Å². The Labute approximate surface area is 59.9 Å². The summed E-state index contributed by atoms with van der Waals surface area (Å²) in [5, 5.41) is 0. The first-order valence-corrected chi connectivity index (χ1v) is 3.30. The molecule has 0 atom stereocenters. The van der Waals surface area contributed by atoms with Crippen molar-refractivity contribution in [2.75, 3.05) is 0 Å². The third-order valence-electron chi connectivity index (χ3n) is 1.35. The van der Waals surface area contributed by atoms with Gasteiger partial charge in [-0.15, -0.1) is 0 Å². The van der Waals surface area contributed by atoms with E-state index in [0.29, 0.717) is 0 Å².